The second kappa shape index (κ2) is 3.34. The van der Waals surface area contributed by atoms with Gasteiger partial charge >= 0.3 is 0 Å². The minimum Gasteiger partial charge on any atom is -0.318 e. The minimum absolute atomic E-state index is 0.545. The third-order valence-electron chi connectivity index (χ3n) is 0.335. The van der Waals surface area contributed by atoms with E-state index in [9.17, 15) is 8.78 Å². The topological polar surface area (TPSA) is 35.8 Å². The van der Waals surface area contributed by atoms with Crippen LogP contribution >= 0.6 is 0 Å². The van der Waals surface area contributed by atoms with Gasteiger partial charge in [-0.15, -0.1) is 0 Å². The van der Waals surface area contributed by atoms with E-state index in [-0.39, 0.29) is 0 Å². The Morgan fingerprint density at radius 2 is 2.29 bits per heavy atom. The SMILES string of the molecule is N#CNCC(F)F. The summed E-state index contributed by atoms with van der Waals surface area (Å²) in [7, 11) is 0. The first kappa shape index (κ1) is 6.15. The van der Waals surface area contributed by atoms with Gasteiger partial charge in [-0.3, -0.25) is 0 Å². The van der Waals surface area contributed by atoms with E-state index in [1.54, 1.807) is 5.32 Å². The van der Waals surface area contributed by atoms with Crippen LogP contribution in [-0.4, -0.2) is 13.0 Å². The summed E-state index contributed by atoms with van der Waals surface area (Å²) in [5, 5.41) is 9.42. The summed E-state index contributed by atoms with van der Waals surface area (Å²) >= 11 is 0. The van der Waals surface area contributed by atoms with Gasteiger partial charge in [-0.05, 0) is 0 Å². The van der Waals surface area contributed by atoms with Gasteiger partial charge in [0, 0.05) is 0 Å². The van der Waals surface area contributed by atoms with Crippen LogP contribution < -0.4 is 5.32 Å². The van der Waals surface area contributed by atoms with Crippen LogP contribution in [0.1, 0.15) is 0 Å². The third-order valence-corrected chi connectivity index (χ3v) is 0.335. The van der Waals surface area contributed by atoms with E-state index in [1.165, 1.54) is 6.19 Å². The lowest BCUT2D eigenvalue weighted by Crippen LogP contribution is -2.14. The first-order chi connectivity index (χ1) is 3.27. The highest BCUT2D eigenvalue weighted by Gasteiger charge is 1.96. The summed E-state index contributed by atoms with van der Waals surface area (Å²) in [5.41, 5.74) is 0. The molecule has 0 atom stereocenters. The van der Waals surface area contributed by atoms with Crippen molar-refractivity contribution < 1.29 is 8.78 Å². The molecular formula is C3H4F2N2. The molecule has 0 rings (SSSR count). The van der Waals surface area contributed by atoms with E-state index < -0.39 is 13.0 Å². The molecule has 1 N–H and O–H groups in total. The second-order valence-corrected chi connectivity index (χ2v) is 0.884. The first-order valence-electron chi connectivity index (χ1n) is 1.67. The molecule has 0 aliphatic carbocycles. The predicted octanol–water partition coefficient (Wildman–Crippen LogP) is 0.322. The first-order valence-corrected chi connectivity index (χ1v) is 1.67. The maximum Gasteiger partial charge on any atom is 0.256 e. The Bertz CT molecular complexity index is 75.5. The van der Waals surface area contributed by atoms with Crippen LogP contribution in [0.15, 0.2) is 0 Å². The number of rotatable bonds is 2. The Labute approximate surface area is 39.7 Å². The smallest absolute Gasteiger partial charge is 0.256 e. The van der Waals surface area contributed by atoms with Gasteiger partial charge in [0.25, 0.3) is 6.43 Å². The molecule has 0 aliphatic heterocycles. The van der Waals surface area contributed by atoms with Gasteiger partial charge in [0.1, 0.15) is 0 Å². The maximum atomic E-state index is 11.0. The molecule has 0 saturated heterocycles. The van der Waals surface area contributed by atoms with Crippen molar-refractivity contribution in [2.24, 2.45) is 0 Å². The fourth-order valence-corrected chi connectivity index (χ4v) is 0.123. The highest BCUT2D eigenvalue weighted by molar-refractivity contribution is 4.64. The molecule has 0 aromatic heterocycles. The number of halogens is 2. The largest absolute Gasteiger partial charge is 0.318 e. The summed E-state index contributed by atoms with van der Waals surface area (Å²) in [6.45, 7) is -0.545. The Morgan fingerprint density at radius 1 is 1.71 bits per heavy atom. The molecule has 0 fully saturated rings. The number of hydrogen-bond acceptors (Lipinski definition) is 2. The molecule has 0 heterocycles. The third kappa shape index (κ3) is 5.15. The lowest BCUT2D eigenvalue weighted by molar-refractivity contribution is 0.151. The summed E-state index contributed by atoms with van der Waals surface area (Å²) < 4.78 is 22.0. The van der Waals surface area contributed by atoms with Crippen LogP contribution in [0, 0.1) is 11.5 Å². The summed E-state index contributed by atoms with van der Waals surface area (Å²) in [4.78, 5) is 0. The van der Waals surface area contributed by atoms with Gasteiger partial charge < -0.3 is 5.32 Å². The predicted molar refractivity (Wildman–Crippen MR) is 19.6 cm³/mol. The number of nitrogens with one attached hydrogen (secondary N) is 1. The molecule has 0 spiro atoms. The lowest BCUT2D eigenvalue weighted by Gasteiger charge is -1.90. The van der Waals surface area contributed by atoms with Crippen LogP contribution in [-0.2, 0) is 0 Å². The van der Waals surface area contributed by atoms with E-state index in [0.717, 1.165) is 0 Å². The van der Waals surface area contributed by atoms with E-state index in [4.69, 9.17) is 5.26 Å². The van der Waals surface area contributed by atoms with Crippen molar-refractivity contribution in [1.82, 2.24) is 5.32 Å². The second-order valence-electron chi connectivity index (χ2n) is 0.884. The van der Waals surface area contributed by atoms with Crippen molar-refractivity contribution in [1.29, 1.82) is 5.26 Å². The maximum absolute atomic E-state index is 11.0. The van der Waals surface area contributed by atoms with Gasteiger partial charge in [-0.25, -0.2) is 8.78 Å². The van der Waals surface area contributed by atoms with Crippen LogP contribution in [0.4, 0.5) is 8.78 Å². The average molecular weight is 106 g/mol. The van der Waals surface area contributed by atoms with Crippen molar-refractivity contribution in [3.63, 3.8) is 0 Å². The Kier molecular flexibility index (Phi) is 2.94. The van der Waals surface area contributed by atoms with Gasteiger partial charge in [0.05, 0.1) is 6.54 Å². The fourth-order valence-electron chi connectivity index (χ4n) is 0.123. The van der Waals surface area contributed by atoms with Crippen molar-refractivity contribution >= 4 is 0 Å². The van der Waals surface area contributed by atoms with Crippen molar-refractivity contribution in [2.75, 3.05) is 6.54 Å². The van der Waals surface area contributed by atoms with Crippen LogP contribution in [0.3, 0.4) is 0 Å². The molecule has 4 heteroatoms. The molecular weight excluding hydrogens is 102 g/mol. The molecule has 0 bridgehead atoms. The summed E-state index contributed by atoms with van der Waals surface area (Å²) in [6.07, 6.45) is -1.06. The molecule has 7 heavy (non-hydrogen) atoms. The average Bonchev–Trinajstić information content (AvgIpc) is 1.61. The molecule has 0 saturated carbocycles. The number of alkyl halides is 2. The lowest BCUT2D eigenvalue weighted by atomic mass is 10.7. The van der Waals surface area contributed by atoms with E-state index >= 15 is 0 Å². The molecule has 0 aromatic rings. The quantitative estimate of drug-likeness (QED) is 0.406. The zero-order chi connectivity index (χ0) is 5.70. The zero-order valence-corrected chi connectivity index (χ0v) is 3.49. The molecule has 0 aliphatic rings. The van der Waals surface area contributed by atoms with Crippen molar-refractivity contribution in [3.8, 4) is 6.19 Å². The van der Waals surface area contributed by atoms with Crippen molar-refractivity contribution in [3.05, 3.63) is 0 Å². The van der Waals surface area contributed by atoms with Gasteiger partial charge in [-0.2, -0.15) is 5.26 Å². The normalized spacial score (nSPS) is 8.29. The van der Waals surface area contributed by atoms with Crippen LogP contribution in [0.5, 0.6) is 0 Å². The number of nitriles is 1. The van der Waals surface area contributed by atoms with Gasteiger partial charge in [0.15, 0.2) is 6.19 Å². The number of hydrogen-bond donors (Lipinski definition) is 1. The zero-order valence-electron chi connectivity index (χ0n) is 3.49. The van der Waals surface area contributed by atoms with Crippen molar-refractivity contribution in [2.45, 2.75) is 6.43 Å². The Balaban J connectivity index is 2.86. The fraction of sp³-hybridized carbons (Fsp3) is 0.667. The molecule has 0 aromatic carbocycles. The highest BCUT2D eigenvalue weighted by atomic mass is 19.3. The summed E-state index contributed by atoms with van der Waals surface area (Å²) in [6, 6.07) is 0. The number of nitrogens with zero attached hydrogens (tertiary/aromatic N) is 1. The molecule has 0 unspecified atom stereocenters. The van der Waals surface area contributed by atoms with Crippen LogP contribution in [0.25, 0.3) is 0 Å². The minimum atomic E-state index is -2.43. The van der Waals surface area contributed by atoms with E-state index in [1.807, 2.05) is 0 Å². The van der Waals surface area contributed by atoms with E-state index in [0.29, 0.717) is 0 Å². The van der Waals surface area contributed by atoms with Gasteiger partial charge in [0.2, 0.25) is 0 Å². The molecule has 0 amide bonds. The standard InChI is InChI=1S/C3H4F2N2/c4-3(5)1-7-2-6/h3,7H,1H2. The molecule has 0 radical (unpaired) electrons. The van der Waals surface area contributed by atoms with E-state index in [2.05, 4.69) is 0 Å². The molecule has 2 nitrogen and oxygen atoms in total. The Morgan fingerprint density at radius 3 is 2.43 bits per heavy atom. The monoisotopic (exact) mass is 106 g/mol. The Hall–Kier alpha value is -0.850. The highest BCUT2D eigenvalue weighted by Crippen LogP contribution is 1.85. The molecule has 40 valence electrons. The summed E-state index contributed by atoms with van der Waals surface area (Å²) in [5.74, 6) is 0. The van der Waals surface area contributed by atoms with Crippen LogP contribution in [0.2, 0.25) is 0 Å². The van der Waals surface area contributed by atoms with Gasteiger partial charge in [-0.1, -0.05) is 0 Å².